The first-order valence-electron chi connectivity index (χ1n) is 9.56. The largest absolute Gasteiger partial charge is 0.494 e. The number of hydrogen-bond acceptors (Lipinski definition) is 4. The van der Waals surface area contributed by atoms with Crippen molar-refractivity contribution in [1.29, 1.82) is 0 Å². The number of anilines is 2. The molecule has 0 bridgehead atoms. The summed E-state index contributed by atoms with van der Waals surface area (Å²) in [5, 5.41) is 0. The van der Waals surface area contributed by atoms with Gasteiger partial charge in [-0.2, -0.15) is 0 Å². The molecule has 0 radical (unpaired) electrons. The van der Waals surface area contributed by atoms with Crippen LogP contribution in [0, 0.1) is 5.82 Å². The SMILES string of the molecule is COc1ccc(N(C(=O)CCN2C(=O)C(C)Oc3ccccc32)C(C)C)cc1F. The van der Waals surface area contributed by atoms with Crippen LogP contribution in [0.25, 0.3) is 0 Å². The highest BCUT2D eigenvalue weighted by molar-refractivity contribution is 6.01. The summed E-state index contributed by atoms with van der Waals surface area (Å²) < 4.78 is 24.7. The predicted molar refractivity (Wildman–Crippen MR) is 109 cm³/mol. The molecule has 29 heavy (non-hydrogen) atoms. The third-order valence-corrected chi connectivity index (χ3v) is 4.82. The molecule has 2 aromatic carbocycles. The van der Waals surface area contributed by atoms with Crippen molar-refractivity contribution in [3.8, 4) is 11.5 Å². The third-order valence-electron chi connectivity index (χ3n) is 4.82. The lowest BCUT2D eigenvalue weighted by Crippen LogP contribution is -2.46. The van der Waals surface area contributed by atoms with Crippen molar-refractivity contribution in [2.75, 3.05) is 23.5 Å². The monoisotopic (exact) mass is 400 g/mol. The maximum absolute atomic E-state index is 14.1. The first-order chi connectivity index (χ1) is 13.8. The van der Waals surface area contributed by atoms with Crippen molar-refractivity contribution in [1.82, 2.24) is 0 Å². The van der Waals surface area contributed by atoms with Gasteiger partial charge in [0.2, 0.25) is 5.91 Å². The number of methoxy groups -OCH3 is 1. The Morgan fingerprint density at radius 2 is 2.00 bits per heavy atom. The standard InChI is InChI=1S/C22H25FN2O4/c1-14(2)25(16-9-10-19(28-4)17(23)13-16)21(26)11-12-24-18-7-5-6-8-20(18)29-15(3)22(24)27/h5-10,13-15H,11-12H2,1-4H3. The zero-order valence-corrected chi connectivity index (χ0v) is 17.0. The van der Waals surface area contributed by atoms with Gasteiger partial charge in [0.25, 0.3) is 5.91 Å². The average molecular weight is 400 g/mol. The van der Waals surface area contributed by atoms with Gasteiger partial charge in [-0.05, 0) is 45.0 Å². The van der Waals surface area contributed by atoms with Crippen LogP contribution in [-0.4, -0.2) is 37.6 Å². The van der Waals surface area contributed by atoms with Crippen LogP contribution >= 0.6 is 0 Å². The van der Waals surface area contributed by atoms with Crippen LogP contribution in [0.1, 0.15) is 27.2 Å². The summed E-state index contributed by atoms with van der Waals surface area (Å²) >= 11 is 0. The Morgan fingerprint density at radius 1 is 1.28 bits per heavy atom. The summed E-state index contributed by atoms with van der Waals surface area (Å²) in [4.78, 5) is 28.7. The van der Waals surface area contributed by atoms with Gasteiger partial charge in [0.15, 0.2) is 17.7 Å². The van der Waals surface area contributed by atoms with Crippen LogP contribution in [0.5, 0.6) is 11.5 Å². The van der Waals surface area contributed by atoms with Gasteiger partial charge in [-0.25, -0.2) is 4.39 Å². The Kier molecular flexibility index (Phi) is 6.06. The molecule has 2 aromatic rings. The third kappa shape index (κ3) is 4.18. The van der Waals surface area contributed by atoms with E-state index < -0.39 is 11.9 Å². The van der Waals surface area contributed by atoms with E-state index in [-0.39, 0.29) is 36.6 Å². The number of ether oxygens (including phenoxy) is 2. The Hall–Kier alpha value is -3.09. The second-order valence-electron chi connectivity index (χ2n) is 7.14. The fourth-order valence-electron chi connectivity index (χ4n) is 3.45. The zero-order valence-electron chi connectivity index (χ0n) is 17.0. The quantitative estimate of drug-likeness (QED) is 0.741. The van der Waals surface area contributed by atoms with E-state index in [1.165, 1.54) is 24.1 Å². The number of amides is 2. The first kappa shape index (κ1) is 20.6. The summed E-state index contributed by atoms with van der Waals surface area (Å²) in [6, 6.07) is 11.5. The predicted octanol–water partition coefficient (Wildman–Crippen LogP) is 3.78. The molecule has 1 aliphatic heterocycles. The highest BCUT2D eigenvalue weighted by Crippen LogP contribution is 2.34. The van der Waals surface area contributed by atoms with Gasteiger partial charge < -0.3 is 19.3 Å². The molecule has 0 fully saturated rings. The van der Waals surface area contributed by atoms with Crippen LogP contribution in [0.2, 0.25) is 0 Å². The number of fused-ring (bicyclic) bond motifs is 1. The molecule has 3 rings (SSSR count). The molecule has 1 atom stereocenters. The van der Waals surface area contributed by atoms with E-state index in [1.807, 2.05) is 26.0 Å². The maximum atomic E-state index is 14.1. The van der Waals surface area contributed by atoms with Crippen molar-refractivity contribution in [3.05, 3.63) is 48.3 Å². The van der Waals surface area contributed by atoms with E-state index in [1.54, 1.807) is 30.0 Å². The van der Waals surface area contributed by atoms with Gasteiger partial charge >= 0.3 is 0 Å². The fraction of sp³-hybridized carbons (Fsp3) is 0.364. The number of hydrogen-bond donors (Lipinski definition) is 0. The number of carbonyl (C=O) groups excluding carboxylic acids is 2. The van der Waals surface area contributed by atoms with Crippen LogP contribution in [0.3, 0.4) is 0 Å². The molecule has 0 saturated heterocycles. The van der Waals surface area contributed by atoms with Crippen molar-refractivity contribution >= 4 is 23.2 Å². The van der Waals surface area contributed by atoms with E-state index >= 15 is 0 Å². The lowest BCUT2D eigenvalue weighted by molar-refractivity contribution is -0.125. The Bertz CT molecular complexity index is 915. The van der Waals surface area contributed by atoms with Crippen LogP contribution in [-0.2, 0) is 9.59 Å². The molecule has 0 aromatic heterocycles. The minimum Gasteiger partial charge on any atom is -0.494 e. The van der Waals surface area contributed by atoms with Crippen molar-refractivity contribution in [2.24, 2.45) is 0 Å². The second kappa shape index (κ2) is 8.51. The van der Waals surface area contributed by atoms with Crippen molar-refractivity contribution < 1.29 is 23.5 Å². The number of rotatable bonds is 6. The molecule has 1 unspecified atom stereocenters. The molecule has 1 heterocycles. The van der Waals surface area contributed by atoms with Gasteiger partial charge in [-0.1, -0.05) is 12.1 Å². The fourth-order valence-corrected chi connectivity index (χ4v) is 3.45. The van der Waals surface area contributed by atoms with E-state index in [0.29, 0.717) is 17.1 Å². The van der Waals surface area contributed by atoms with Gasteiger partial charge in [0.1, 0.15) is 5.75 Å². The minimum atomic E-state index is -0.614. The molecule has 2 amide bonds. The van der Waals surface area contributed by atoms with Crippen LogP contribution in [0.4, 0.5) is 15.8 Å². The van der Waals surface area contributed by atoms with Gasteiger partial charge in [0, 0.05) is 30.8 Å². The molecule has 0 saturated carbocycles. The summed E-state index contributed by atoms with van der Waals surface area (Å²) in [5.74, 6) is -0.189. The lowest BCUT2D eigenvalue weighted by atomic mass is 10.1. The normalized spacial score (nSPS) is 15.7. The van der Waals surface area contributed by atoms with Crippen molar-refractivity contribution in [3.63, 3.8) is 0 Å². The molecule has 0 aliphatic carbocycles. The molecule has 154 valence electrons. The zero-order chi connectivity index (χ0) is 21.1. The van der Waals surface area contributed by atoms with Gasteiger partial charge in [-0.15, -0.1) is 0 Å². The van der Waals surface area contributed by atoms with E-state index in [4.69, 9.17) is 9.47 Å². The summed E-state index contributed by atoms with van der Waals surface area (Å²) in [6.07, 6.45) is -0.518. The highest BCUT2D eigenvalue weighted by Gasteiger charge is 2.32. The van der Waals surface area contributed by atoms with Crippen molar-refractivity contribution in [2.45, 2.75) is 39.3 Å². The number of para-hydroxylation sites is 2. The Morgan fingerprint density at radius 3 is 2.66 bits per heavy atom. The topological polar surface area (TPSA) is 59.1 Å². The van der Waals surface area contributed by atoms with Gasteiger partial charge in [0.05, 0.1) is 12.8 Å². The molecule has 7 heteroatoms. The first-order valence-corrected chi connectivity index (χ1v) is 9.56. The maximum Gasteiger partial charge on any atom is 0.267 e. The van der Waals surface area contributed by atoms with E-state index in [0.717, 1.165) is 0 Å². The minimum absolute atomic E-state index is 0.0959. The summed E-state index contributed by atoms with van der Waals surface area (Å²) in [5.41, 5.74) is 1.10. The van der Waals surface area contributed by atoms with Crippen LogP contribution < -0.4 is 19.3 Å². The number of benzene rings is 2. The Balaban J connectivity index is 1.79. The Labute approximate surface area is 169 Å². The second-order valence-corrected chi connectivity index (χ2v) is 7.14. The summed E-state index contributed by atoms with van der Waals surface area (Å²) in [6.45, 7) is 5.62. The van der Waals surface area contributed by atoms with E-state index in [2.05, 4.69) is 0 Å². The molecule has 1 aliphatic rings. The molecular formula is C22H25FN2O4. The van der Waals surface area contributed by atoms with E-state index in [9.17, 15) is 14.0 Å². The number of carbonyl (C=O) groups is 2. The molecule has 0 spiro atoms. The summed E-state index contributed by atoms with van der Waals surface area (Å²) in [7, 11) is 1.39. The smallest absolute Gasteiger partial charge is 0.267 e. The van der Waals surface area contributed by atoms with Crippen LogP contribution in [0.15, 0.2) is 42.5 Å². The average Bonchev–Trinajstić information content (AvgIpc) is 2.68. The molecule has 0 N–H and O–H groups in total. The molecular weight excluding hydrogens is 375 g/mol. The number of nitrogens with zero attached hydrogens (tertiary/aromatic N) is 2. The number of halogens is 1. The highest BCUT2D eigenvalue weighted by atomic mass is 19.1. The lowest BCUT2D eigenvalue weighted by Gasteiger charge is -2.34. The molecule has 6 nitrogen and oxygen atoms in total. The van der Waals surface area contributed by atoms with Gasteiger partial charge in [-0.3, -0.25) is 9.59 Å².